The van der Waals surface area contributed by atoms with E-state index in [1.165, 1.54) is 36.1 Å². The normalized spacial score (nSPS) is 25.9. The lowest BCUT2D eigenvalue weighted by atomic mass is 9.84. The monoisotopic (exact) mass is 320 g/mol. The summed E-state index contributed by atoms with van der Waals surface area (Å²) in [5.41, 5.74) is 7.11. The number of ketones is 1. The summed E-state index contributed by atoms with van der Waals surface area (Å²) in [6.45, 7) is 0. The summed E-state index contributed by atoms with van der Waals surface area (Å²) in [5.74, 6) is 0.0226. The van der Waals surface area contributed by atoms with E-state index in [9.17, 15) is 9.90 Å². The zero-order chi connectivity index (χ0) is 16.3. The van der Waals surface area contributed by atoms with Crippen LogP contribution in [0.5, 0.6) is 0 Å². The fourth-order valence-corrected chi connectivity index (χ4v) is 4.30. The number of H-pyrrole nitrogens is 1. The maximum Gasteiger partial charge on any atom is 0.204 e. The highest BCUT2D eigenvalue weighted by molar-refractivity contribution is 6.39. The molecule has 4 nitrogen and oxygen atoms in total. The predicted octanol–water partition coefficient (Wildman–Crippen LogP) is 3.95. The average molecular weight is 320 g/mol. The zero-order valence-electron chi connectivity index (χ0n) is 13.6. The van der Waals surface area contributed by atoms with Crippen molar-refractivity contribution in [2.75, 3.05) is 0 Å². The molecular formula is C20H20N2O2. The van der Waals surface area contributed by atoms with Crippen molar-refractivity contribution in [2.24, 2.45) is 4.99 Å². The molecule has 0 unspecified atom stereocenters. The Labute approximate surface area is 140 Å². The minimum absolute atomic E-state index is 0.0825. The van der Waals surface area contributed by atoms with Gasteiger partial charge in [-0.05, 0) is 74.6 Å². The van der Waals surface area contributed by atoms with Gasteiger partial charge in [0.25, 0.3) is 0 Å². The number of nitrogens with one attached hydrogen (secondary N) is 1. The van der Waals surface area contributed by atoms with E-state index in [4.69, 9.17) is 0 Å². The number of Topliss-reactive ketones (excluding diaryl/α,β-unsaturated/α-hetero) is 1. The Morgan fingerprint density at radius 1 is 1.00 bits per heavy atom. The molecule has 0 atom stereocenters. The maximum absolute atomic E-state index is 12.7. The molecule has 1 fully saturated rings. The lowest BCUT2D eigenvalue weighted by Gasteiger charge is -2.21. The molecule has 1 aliphatic heterocycles. The fourth-order valence-electron chi connectivity index (χ4n) is 4.30. The first-order chi connectivity index (χ1) is 11.7. The Hall–Kier alpha value is -2.36. The van der Waals surface area contributed by atoms with Crippen molar-refractivity contribution in [2.45, 2.75) is 51.4 Å². The molecule has 4 aliphatic rings. The second kappa shape index (κ2) is 5.07. The van der Waals surface area contributed by atoms with Crippen LogP contribution in [0.25, 0.3) is 5.57 Å². The number of allylic oxidation sites excluding steroid dienone is 4. The fraction of sp³-hybridized carbons (Fsp3) is 0.400. The summed E-state index contributed by atoms with van der Waals surface area (Å²) in [4.78, 5) is 20.6. The number of aryl methyl sites for hydroxylation is 2. The number of aliphatic imine (C=N–C) groups is 1. The number of nitrogens with zero attached hydrogens (tertiary/aromatic N) is 1. The van der Waals surface area contributed by atoms with Crippen LogP contribution in [0.2, 0.25) is 0 Å². The van der Waals surface area contributed by atoms with E-state index in [0.717, 1.165) is 43.5 Å². The van der Waals surface area contributed by atoms with E-state index >= 15 is 0 Å². The molecule has 4 heteroatoms. The number of aliphatic hydroxyl groups excluding tert-OH is 1. The first-order valence-corrected chi connectivity index (χ1v) is 8.94. The number of carbonyl (C=O) groups is 1. The molecule has 0 aromatic carbocycles. The second-order valence-electron chi connectivity index (χ2n) is 7.14. The summed E-state index contributed by atoms with van der Waals surface area (Å²) in [6.07, 6.45) is 10.8. The average Bonchev–Trinajstić information content (AvgIpc) is 3.17. The van der Waals surface area contributed by atoms with Crippen LogP contribution in [0.15, 0.2) is 39.7 Å². The third-order valence-corrected chi connectivity index (χ3v) is 5.61. The number of carbonyl (C=O) groups excluding carboxylic acids is 1. The van der Waals surface area contributed by atoms with Gasteiger partial charge in [-0.25, -0.2) is 0 Å². The lowest BCUT2D eigenvalue weighted by molar-refractivity contribution is -0.111. The number of aromatic amines is 1. The van der Waals surface area contributed by atoms with Gasteiger partial charge in [0.2, 0.25) is 5.78 Å². The van der Waals surface area contributed by atoms with Gasteiger partial charge in [-0.1, -0.05) is 0 Å². The number of fused-ring (bicyclic) bond motifs is 2. The van der Waals surface area contributed by atoms with Crippen LogP contribution in [-0.2, 0) is 17.6 Å². The molecule has 2 N–H and O–H groups in total. The number of aromatic nitrogens is 1. The van der Waals surface area contributed by atoms with Crippen LogP contribution in [0.4, 0.5) is 0 Å². The molecule has 122 valence electrons. The Morgan fingerprint density at radius 3 is 2.58 bits per heavy atom. The van der Waals surface area contributed by atoms with Crippen LogP contribution < -0.4 is 0 Å². The van der Waals surface area contributed by atoms with Crippen molar-refractivity contribution < 1.29 is 9.90 Å². The Balaban J connectivity index is 1.55. The number of hydrogen-bond donors (Lipinski definition) is 2. The topological polar surface area (TPSA) is 65.4 Å². The van der Waals surface area contributed by atoms with Crippen molar-refractivity contribution in [1.82, 2.24) is 4.98 Å². The van der Waals surface area contributed by atoms with Crippen LogP contribution in [0.1, 0.15) is 55.5 Å². The van der Waals surface area contributed by atoms with Crippen molar-refractivity contribution >= 4 is 17.1 Å². The van der Waals surface area contributed by atoms with Crippen LogP contribution in [-0.4, -0.2) is 21.6 Å². The summed E-state index contributed by atoms with van der Waals surface area (Å²) in [5, 5.41) is 10.5. The number of hydrogen-bond acceptors (Lipinski definition) is 3. The molecule has 24 heavy (non-hydrogen) atoms. The summed E-state index contributed by atoms with van der Waals surface area (Å²) in [6, 6.07) is 2.04. The van der Waals surface area contributed by atoms with Gasteiger partial charge in [0.05, 0.1) is 22.5 Å². The molecule has 5 rings (SSSR count). The van der Waals surface area contributed by atoms with E-state index in [1.807, 2.05) is 12.1 Å². The summed E-state index contributed by atoms with van der Waals surface area (Å²) >= 11 is 0. The minimum atomic E-state index is -0.0825. The van der Waals surface area contributed by atoms with Crippen LogP contribution >= 0.6 is 0 Å². The third-order valence-electron chi connectivity index (χ3n) is 5.61. The van der Waals surface area contributed by atoms with Gasteiger partial charge in [-0.2, -0.15) is 0 Å². The van der Waals surface area contributed by atoms with Gasteiger partial charge in [0.1, 0.15) is 5.76 Å². The summed E-state index contributed by atoms with van der Waals surface area (Å²) < 4.78 is 0. The smallest absolute Gasteiger partial charge is 0.204 e. The predicted molar refractivity (Wildman–Crippen MR) is 93.0 cm³/mol. The summed E-state index contributed by atoms with van der Waals surface area (Å²) in [7, 11) is 0. The SMILES string of the molecule is O=C1C(=C2C=C3CCCCC3=N2)C(O)=C1c1cc2c([nH]1)CCCC2. The van der Waals surface area contributed by atoms with Gasteiger partial charge in [-0.3, -0.25) is 9.79 Å². The molecule has 0 amide bonds. The highest BCUT2D eigenvalue weighted by atomic mass is 16.3. The van der Waals surface area contributed by atoms with Crippen LogP contribution in [0, 0.1) is 0 Å². The zero-order valence-corrected chi connectivity index (χ0v) is 13.6. The Bertz CT molecular complexity index is 845. The standard InChI is InChI=1S/C20H20N2O2/c23-19-17(15-9-11-5-1-3-7-13(11)21-15)20(24)18(19)16-10-12-6-2-4-8-14(12)22-16/h9-10,21,23H,1-8H2. The lowest BCUT2D eigenvalue weighted by Crippen LogP contribution is -2.22. The van der Waals surface area contributed by atoms with E-state index in [-0.39, 0.29) is 11.5 Å². The largest absolute Gasteiger partial charge is 0.506 e. The van der Waals surface area contributed by atoms with E-state index < -0.39 is 0 Å². The maximum atomic E-state index is 12.7. The van der Waals surface area contributed by atoms with Gasteiger partial charge in [0, 0.05) is 11.4 Å². The molecule has 0 radical (unpaired) electrons. The highest BCUT2D eigenvalue weighted by Gasteiger charge is 2.39. The van der Waals surface area contributed by atoms with Crippen molar-refractivity contribution in [1.29, 1.82) is 0 Å². The van der Waals surface area contributed by atoms with Crippen molar-refractivity contribution in [3.63, 3.8) is 0 Å². The molecule has 0 saturated heterocycles. The van der Waals surface area contributed by atoms with E-state index in [1.54, 1.807) is 0 Å². The van der Waals surface area contributed by atoms with Gasteiger partial charge >= 0.3 is 0 Å². The molecule has 1 aromatic heterocycles. The molecule has 1 aromatic rings. The molecule has 3 aliphatic carbocycles. The molecule has 0 bridgehead atoms. The highest BCUT2D eigenvalue weighted by Crippen LogP contribution is 2.41. The Morgan fingerprint density at radius 2 is 1.79 bits per heavy atom. The first-order valence-electron chi connectivity index (χ1n) is 8.94. The number of aliphatic hydroxyl groups is 1. The van der Waals surface area contributed by atoms with Gasteiger partial charge in [0.15, 0.2) is 0 Å². The van der Waals surface area contributed by atoms with Crippen molar-refractivity contribution in [3.8, 4) is 0 Å². The molecule has 0 spiro atoms. The van der Waals surface area contributed by atoms with Gasteiger partial charge < -0.3 is 10.1 Å². The van der Waals surface area contributed by atoms with E-state index in [0.29, 0.717) is 16.8 Å². The molecule has 1 saturated carbocycles. The van der Waals surface area contributed by atoms with Gasteiger partial charge in [-0.15, -0.1) is 0 Å². The minimum Gasteiger partial charge on any atom is -0.506 e. The van der Waals surface area contributed by atoms with Crippen LogP contribution in [0.3, 0.4) is 0 Å². The quantitative estimate of drug-likeness (QED) is 0.769. The molecule has 2 heterocycles. The first kappa shape index (κ1) is 14.0. The van der Waals surface area contributed by atoms with Crippen molar-refractivity contribution in [3.05, 3.63) is 51.7 Å². The van der Waals surface area contributed by atoms with E-state index in [2.05, 4.69) is 9.98 Å². The second-order valence-corrected chi connectivity index (χ2v) is 7.14. The Kier molecular flexibility index (Phi) is 2.96. The molecular weight excluding hydrogens is 300 g/mol. The third kappa shape index (κ3) is 1.92. The number of rotatable bonds is 1.